The van der Waals surface area contributed by atoms with Crippen LogP contribution in [0.4, 0.5) is 0 Å². The summed E-state index contributed by atoms with van der Waals surface area (Å²) in [7, 11) is 1.84. The number of primary amides is 2. The average molecular weight is 202 g/mol. The van der Waals surface area contributed by atoms with Crippen molar-refractivity contribution in [1.29, 1.82) is 0 Å². The first kappa shape index (κ1) is 12.9. The van der Waals surface area contributed by atoms with Crippen LogP contribution in [-0.2, 0) is 9.59 Å². The fourth-order valence-corrected chi connectivity index (χ4v) is 1.13. The van der Waals surface area contributed by atoms with Crippen LogP contribution in [0.15, 0.2) is 0 Å². The molecule has 5 N–H and O–H groups in total. The fraction of sp³-hybridized carbons (Fsp3) is 0.750. The number of amides is 2. The van der Waals surface area contributed by atoms with Crippen LogP contribution in [0.3, 0.4) is 0 Å². The van der Waals surface area contributed by atoms with Gasteiger partial charge in [-0.05, 0) is 20.0 Å². The lowest BCUT2D eigenvalue weighted by Gasteiger charge is -2.18. The van der Waals surface area contributed by atoms with Crippen LogP contribution in [0.5, 0.6) is 0 Å². The van der Waals surface area contributed by atoms with Crippen molar-refractivity contribution in [3.05, 3.63) is 0 Å². The van der Waals surface area contributed by atoms with Crippen molar-refractivity contribution in [2.24, 2.45) is 11.5 Å². The molecule has 0 aromatic carbocycles. The molecule has 6 nitrogen and oxygen atoms in total. The minimum absolute atomic E-state index is 0.0760. The Morgan fingerprint density at radius 3 is 2.07 bits per heavy atom. The Morgan fingerprint density at radius 1 is 1.21 bits per heavy atom. The van der Waals surface area contributed by atoms with E-state index in [0.29, 0.717) is 6.54 Å². The molecule has 0 bridgehead atoms. The molecule has 0 spiro atoms. The lowest BCUT2D eigenvalue weighted by atomic mass is 10.3. The molecule has 0 aliphatic rings. The van der Waals surface area contributed by atoms with Gasteiger partial charge in [0, 0.05) is 6.54 Å². The van der Waals surface area contributed by atoms with Crippen LogP contribution in [0.2, 0.25) is 0 Å². The van der Waals surface area contributed by atoms with Crippen LogP contribution in [0.1, 0.15) is 6.42 Å². The number of hydrogen-bond donors (Lipinski definition) is 3. The minimum Gasteiger partial charge on any atom is -0.369 e. The molecule has 0 atom stereocenters. The van der Waals surface area contributed by atoms with E-state index in [2.05, 4.69) is 5.32 Å². The summed E-state index contributed by atoms with van der Waals surface area (Å²) in [4.78, 5) is 22.9. The molecule has 0 saturated carbocycles. The number of nitrogens with one attached hydrogen (secondary N) is 1. The molecule has 0 aromatic rings. The van der Waals surface area contributed by atoms with Gasteiger partial charge >= 0.3 is 0 Å². The Bertz CT molecular complexity index is 180. The van der Waals surface area contributed by atoms with E-state index in [0.717, 1.165) is 13.0 Å². The average Bonchev–Trinajstić information content (AvgIpc) is 2.02. The Morgan fingerprint density at radius 2 is 1.71 bits per heavy atom. The van der Waals surface area contributed by atoms with Gasteiger partial charge in [0.15, 0.2) is 0 Å². The lowest BCUT2D eigenvalue weighted by molar-refractivity contribution is -0.121. The highest BCUT2D eigenvalue weighted by molar-refractivity contribution is 5.79. The normalized spacial score (nSPS) is 10.4. The highest BCUT2D eigenvalue weighted by atomic mass is 16.2. The molecular weight excluding hydrogens is 184 g/mol. The molecule has 6 heteroatoms. The molecule has 0 saturated heterocycles. The number of hydrogen-bond acceptors (Lipinski definition) is 4. The number of rotatable bonds is 8. The van der Waals surface area contributed by atoms with Crippen LogP contribution >= 0.6 is 0 Å². The van der Waals surface area contributed by atoms with E-state index < -0.39 is 11.8 Å². The quantitative estimate of drug-likeness (QED) is 0.391. The van der Waals surface area contributed by atoms with E-state index >= 15 is 0 Å². The molecule has 0 heterocycles. The molecule has 0 fully saturated rings. The van der Waals surface area contributed by atoms with Crippen molar-refractivity contribution in [2.45, 2.75) is 6.42 Å². The van der Waals surface area contributed by atoms with E-state index in [1.54, 1.807) is 4.90 Å². The summed E-state index contributed by atoms with van der Waals surface area (Å²) in [5, 5.41) is 2.97. The number of nitrogens with two attached hydrogens (primary N) is 2. The van der Waals surface area contributed by atoms with E-state index in [1.165, 1.54) is 0 Å². The molecule has 14 heavy (non-hydrogen) atoms. The SMILES string of the molecule is CNCCCN(CC(N)=O)CC(N)=O. The van der Waals surface area contributed by atoms with Gasteiger partial charge in [-0.2, -0.15) is 0 Å². The standard InChI is InChI=1S/C8H18N4O2/c1-11-3-2-4-12(5-7(9)13)6-8(10)14/h11H,2-6H2,1H3,(H2,9,13)(H2,10,14). The maximum atomic E-state index is 10.6. The molecule has 0 aromatic heterocycles. The van der Waals surface area contributed by atoms with Gasteiger partial charge in [-0.1, -0.05) is 0 Å². The second-order valence-corrected chi connectivity index (χ2v) is 3.10. The maximum Gasteiger partial charge on any atom is 0.231 e. The summed E-state index contributed by atoms with van der Waals surface area (Å²) in [6.07, 6.45) is 0.844. The molecule has 0 aliphatic heterocycles. The van der Waals surface area contributed by atoms with Crippen LogP contribution in [0.25, 0.3) is 0 Å². The number of nitrogens with zero attached hydrogens (tertiary/aromatic N) is 1. The van der Waals surface area contributed by atoms with E-state index in [1.807, 2.05) is 7.05 Å². The maximum absolute atomic E-state index is 10.6. The van der Waals surface area contributed by atoms with E-state index in [-0.39, 0.29) is 13.1 Å². The molecular formula is C8H18N4O2. The molecule has 0 aliphatic carbocycles. The van der Waals surface area contributed by atoms with Crippen molar-refractivity contribution in [3.63, 3.8) is 0 Å². The van der Waals surface area contributed by atoms with E-state index in [4.69, 9.17) is 11.5 Å². The Hall–Kier alpha value is -1.14. The second kappa shape index (κ2) is 7.28. The van der Waals surface area contributed by atoms with E-state index in [9.17, 15) is 9.59 Å². The van der Waals surface area contributed by atoms with Crippen molar-refractivity contribution < 1.29 is 9.59 Å². The minimum atomic E-state index is -0.448. The largest absolute Gasteiger partial charge is 0.369 e. The zero-order valence-corrected chi connectivity index (χ0v) is 8.45. The summed E-state index contributed by atoms with van der Waals surface area (Å²) >= 11 is 0. The highest BCUT2D eigenvalue weighted by Crippen LogP contribution is 1.89. The summed E-state index contributed by atoms with van der Waals surface area (Å²) < 4.78 is 0. The topological polar surface area (TPSA) is 101 Å². The number of carbonyl (C=O) groups is 2. The van der Waals surface area contributed by atoms with Crippen LogP contribution in [-0.4, -0.2) is 49.9 Å². The highest BCUT2D eigenvalue weighted by Gasteiger charge is 2.09. The van der Waals surface area contributed by atoms with Gasteiger partial charge in [-0.15, -0.1) is 0 Å². The van der Waals surface area contributed by atoms with Crippen molar-refractivity contribution >= 4 is 11.8 Å². The van der Waals surface area contributed by atoms with Gasteiger partial charge in [-0.3, -0.25) is 14.5 Å². The van der Waals surface area contributed by atoms with Crippen LogP contribution in [0, 0.1) is 0 Å². The van der Waals surface area contributed by atoms with Crippen molar-refractivity contribution in [3.8, 4) is 0 Å². The summed E-state index contributed by atoms with van der Waals surface area (Å²) in [5.41, 5.74) is 10.0. The predicted octanol–water partition coefficient (Wildman–Crippen LogP) is -2.13. The predicted molar refractivity (Wildman–Crippen MR) is 53.4 cm³/mol. The third kappa shape index (κ3) is 7.51. The summed E-state index contributed by atoms with van der Waals surface area (Å²) in [5.74, 6) is -0.897. The van der Waals surface area contributed by atoms with Crippen molar-refractivity contribution in [2.75, 3.05) is 33.2 Å². The molecule has 2 amide bonds. The van der Waals surface area contributed by atoms with Gasteiger partial charge in [-0.25, -0.2) is 0 Å². The molecule has 82 valence electrons. The van der Waals surface area contributed by atoms with Gasteiger partial charge < -0.3 is 16.8 Å². The molecule has 0 rings (SSSR count). The Labute approximate surface area is 83.6 Å². The Kier molecular flexibility index (Phi) is 6.69. The summed E-state index contributed by atoms with van der Waals surface area (Å²) in [6, 6.07) is 0. The van der Waals surface area contributed by atoms with Crippen LogP contribution < -0.4 is 16.8 Å². The third-order valence-electron chi connectivity index (χ3n) is 1.66. The van der Waals surface area contributed by atoms with Gasteiger partial charge in [0.25, 0.3) is 0 Å². The second-order valence-electron chi connectivity index (χ2n) is 3.10. The zero-order valence-electron chi connectivity index (χ0n) is 8.45. The smallest absolute Gasteiger partial charge is 0.231 e. The fourth-order valence-electron chi connectivity index (χ4n) is 1.13. The van der Waals surface area contributed by atoms with Gasteiger partial charge in [0.05, 0.1) is 13.1 Å². The van der Waals surface area contributed by atoms with Gasteiger partial charge in [0.2, 0.25) is 11.8 Å². The first-order chi connectivity index (χ1) is 6.56. The van der Waals surface area contributed by atoms with Gasteiger partial charge in [0.1, 0.15) is 0 Å². The molecule has 0 radical (unpaired) electrons. The summed E-state index contributed by atoms with van der Waals surface area (Å²) in [6.45, 7) is 1.61. The van der Waals surface area contributed by atoms with Crippen molar-refractivity contribution in [1.82, 2.24) is 10.2 Å². The number of carbonyl (C=O) groups excluding carboxylic acids is 2. The zero-order chi connectivity index (χ0) is 11.0. The molecule has 0 unspecified atom stereocenters. The Balaban J connectivity index is 3.84. The lowest BCUT2D eigenvalue weighted by Crippen LogP contribution is -2.40. The monoisotopic (exact) mass is 202 g/mol. The third-order valence-corrected chi connectivity index (χ3v) is 1.66. The first-order valence-corrected chi connectivity index (χ1v) is 4.49. The first-order valence-electron chi connectivity index (χ1n) is 4.49.